The van der Waals surface area contributed by atoms with E-state index in [9.17, 15) is 10.1 Å². The molecule has 35 heavy (non-hydrogen) atoms. The van der Waals surface area contributed by atoms with E-state index >= 15 is 0 Å². The van der Waals surface area contributed by atoms with Crippen LogP contribution in [-0.2, 0) is 17.0 Å². The summed E-state index contributed by atoms with van der Waals surface area (Å²) in [5.41, 5.74) is 3.04. The van der Waals surface area contributed by atoms with Crippen molar-refractivity contribution < 1.29 is 9.53 Å². The van der Waals surface area contributed by atoms with Crippen molar-refractivity contribution in [3.8, 4) is 6.07 Å². The van der Waals surface area contributed by atoms with Gasteiger partial charge >= 0.3 is 0 Å². The summed E-state index contributed by atoms with van der Waals surface area (Å²) >= 11 is 12.3. The fourth-order valence-corrected chi connectivity index (χ4v) is 4.83. The van der Waals surface area contributed by atoms with Gasteiger partial charge in [0.15, 0.2) is 5.72 Å². The number of hydrogen-bond acceptors (Lipinski definition) is 3. The molecule has 1 aliphatic heterocycles. The van der Waals surface area contributed by atoms with Crippen LogP contribution >= 0.6 is 23.2 Å². The van der Waals surface area contributed by atoms with Crippen molar-refractivity contribution in [2.75, 3.05) is 6.61 Å². The standard InChI is InChI=1S/C29H24Cl2N2O2/c1-19(2)21-5-12-26-25(15-21)27(34)33(16-20-3-8-23(30)9-4-20)29(26,22-6-10-24(31)11-7-22)35-18-28(17-32)13-14-28/h3-12,15H,1,13-14,16,18H2,2H3. The lowest BCUT2D eigenvalue weighted by atomic mass is 9.91. The zero-order valence-electron chi connectivity index (χ0n) is 19.4. The van der Waals surface area contributed by atoms with Gasteiger partial charge in [0.05, 0.1) is 18.1 Å². The van der Waals surface area contributed by atoms with Gasteiger partial charge in [-0.1, -0.05) is 71.8 Å². The van der Waals surface area contributed by atoms with Gasteiger partial charge in [0.2, 0.25) is 0 Å². The Hall–Kier alpha value is -3.10. The van der Waals surface area contributed by atoms with E-state index in [1.54, 1.807) is 17.0 Å². The Balaban J connectivity index is 1.70. The largest absolute Gasteiger partial charge is 0.345 e. The molecule has 5 rings (SSSR count). The summed E-state index contributed by atoms with van der Waals surface area (Å²) in [6.45, 7) is 6.48. The molecule has 1 amide bonds. The van der Waals surface area contributed by atoms with E-state index in [-0.39, 0.29) is 12.5 Å². The van der Waals surface area contributed by atoms with E-state index in [2.05, 4.69) is 12.6 Å². The summed E-state index contributed by atoms with van der Waals surface area (Å²) < 4.78 is 6.73. The van der Waals surface area contributed by atoms with Crippen LogP contribution < -0.4 is 0 Å². The second kappa shape index (κ2) is 8.84. The molecule has 0 aromatic heterocycles. The Morgan fingerprint density at radius 3 is 2.26 bits per heavy atom. The van der Waals surface area contributed by atoms with E-state index in [4.69, 9.17) is 27.9 Å². The number of ether oxygens (including phenoxy) is 1. The van der Waals surface area contributed by atoms with Crippen LogP contribution in [-0.4, -0.2) is 17.4 Å². The lowest BCUT2D eigenvalue weighted by molar-refractivity contribution is -0.120. The molecule has 1 atom stereocenters. The molecular formula is C29H24Cl2N2O2. The van der Waals surface area contributed by atoms with Gasteiger partial charge in [0, 0.05) is 33.3 Å². The molecule has 2 aliphatic rings. The number of nitrogens with zero attached hydrogens (tertiary/aromatic N) is 2. The summed E-state index contributed by atoms with van der Waals surface area (Å²) in [7, 11) is 0. The van der Waals surface area contributed by atoms with Crippen molar-refractivity contribution in [1.29, 1.82) is 5.26 Å². The maximum absolute atomic E-state index is 14.0. The normalized spacial score (nSPS) is 19.8. The molecule has 0 saturated heterocycles. The average molecular weight is 503 g/mol. The first-order valence-electron chi connectivity index (χ1n) is 11.5. The summed E-state index contributed by atoms with van der Waals surface area (Å²) in [6, 6.07) is 23.0. The van der Waals surface area contributed by atoms with Crippen LogP contribution in [0.15, 0.2) is 73.3 Å². The number of benzene rings is 3. The third-order valence-corrected chi connectivity index (χ3v) is 7.37. The quantitative estimate of drug-likeness (QED) is 0.343. The van der Waals surface area contributed by atoms with Crippen LogP contribution in [0.5, 0.6) is 0 Å². The highest BCUT2D eigenvalue weighted by Crippen LogP contribution is 2.51. The molecule has 176 valence electrons. The van der Waals surface area contributed by atoms with Gasteiger partial charge in [0.25, 0.3) is 5.91 Å². The van der Waals surface area contributed by atoms with E-state index in [1.807, 2.05) is 61.5 Å². The van der Waals surface area contributed by atoms with Crippen LogP contribution in [0.25, 0.3) is 5.57 Å². The molecule has 1 saturated carbocycles. The Bertz CT molecular complexity index is 1350. The van der Waals surface area contributed by atoms with Crippen molar-refractivity contribution >= 4 is 34.7 Å². The number of carbonyl (C=O) groups is 1. The number of fused-ring (bicyclic) bond motifs is 1. The van der Waals surface area contributed by atoms with Crippen molar-refractivity contribution in [2.45, 2.75) is 32.0 Å². The van der Waals surface area contributed by atoms with E-state index in [1.165, 1.54) is 0 Å². The minimum Gasteiger partial charge on any atom is -0.345 e. The maximum Gasteiger partial charge on any atom is 0.257 e. The highest BCUT2D eigenvalue weighted by atomic mass is 35.5. The smallest absolute Gasteiger partial charge is 0.257 e. The lowest BCUT2D eigenvalue weighted by Crippen LogP contribution is -2.47. The van der Waals surface area contributed by atoms with Gasteiger partial charge in [0.1, 0.15) is 0 Å². The monoisotopic (exact) mass is 502 g/mol. The molecule has 1 unspecified atom stereocenters. The highest BCUT2D eigenvalue weighted by molar-refractivity contribution is 6.30. The minimum atomic E-state index is -1.21. The first-order valence-corrected chi connectivity index (χ1v) is 12.2. The number of allylic oxidation sites excluding steroid dienone is 1. The highest BCUT2D eigenvalue weighted by Gasteiger charge is 2.55. The first-order chi connectivity index (χ1) is 16.8. The second-order valence-corrected chi connectivity index (χ2v) is 10.3. The third kappa shape index (κ3) is 4.15. The summed E-state index contributed by atoms with van der Waals surface area (Å²) in [5.74, 6) is -0.144. The fourth-order valence-electron chi connectivity index (χ4n) is 4.58. The van der Waals surface area contributed by atoms with Crippen LogP contribution in [0, 0.1) is 16.7 Å². The Kier molecular flexibility index (Phi) is 5.97. The minimum absolute atomic E-state index is 0.144. The molecule has 0 spiro atoms. The van der Waals surface area contributed by atoms with Crippen molar-refractivity contribution in [3.63, 3.8) is 0 Å². The zero-order valence-corrected chi connectivity index (χ0v) is 20.9. The molecule has 1 heterocycles. The van der Waals surface area contributed by atoms with Gasteiger partial charge in [-0.05, 0) is 61.2 Å². The predicted molar refractivity (Wildman–Crippen MR) is 138 cm³/mol. The van der Waals surface area contributed by atoms with Crippen LogP contribution in [0.4, 0.5) is 0 Å². The third-order valence-electron chi connectivity index (χ3n) is 6.87. The number of nitriles is 1. The van der Waals surface area contributed by atoms with Crippen LogP contribution in [0.1, 0.15) is 52.4 Å². The average Bonchev–Trinajstić information content (AvgIpc) is 3.61. The summed E-state index contributed by atoms with van der Waals surface area (Å²) in [6.07, 6.45) is 1.57. The Morgan fingerprint density at radius 1 is 1.06 bits per heavy atom. The van der Waals surface area contributed by atoms with Crippen molar-refractivity contribution in [1.82, 2.24) is 4.90 Å². The molecule has 3 aromatic rings. The molecular weight excluding hydrogens is 479 g/mol. The topological polar surface area (TPSA) is 53.3 Å². The lowest BCUT2D eigenvalue weighted by Gasteiger charge is -2.40. The van der Waals surface area contributed by atoms with Crippen molar-refractivity contribution in [2.24, 2.45) is 5.41 Å². The number of halogens is 2. The molecule has 0 N–H and O–H groups in total. The molecule has 3 aromatic carbocycles. The van der Waals surface area contributed by atoms with Crippen LogP contribution in [0.3, 0.4) is 0 Å². The van der Waals surface area contributed by atoms with E-state index < -0.39 is 11.1 Å². The maximum atomic E-state index is 14.0. The van der Waals surface area contributed by atoms with Gasteiger partial charge in [-0.25, -0.2) is 0 Å². The van der Waals surface area contributed by atoms with Gasteiger partial charge in [-0.15, -0.1) is 0 Å². The van der Waals surface area contributed by atoms with Gasteiger partial charge in [-0.2, -0.15) is 5.26 Å². The number of rotatable bonds is 7. The fraction of sp³-hybridized carbons (Fsp3) is 0.241. The Labute approximate surface area is 215 Å². The molecule has 0 radical (unpaired) electrons. The van der Waals surface area contributed by atoms with Gasteiger partial charge < -0.3 is 4.74 Å². The van der Waals surface area contributed by atoms with Crippen LogP contribution in [0.2, 0.25) is 10.0 Å². The molecule has 0 bridgehead atoms. The predicted octanol–water partition coefficient (Wildman–Crippen LogP) is 7.20. The molecule has 6 heteroatoms. The molecule has 1 fully saturated rings. The number of amides is 1. The summed E-state index contributed by atoms with van der Waals surface area (Å²) in [4.78, 5) is 15.8. The van der Waals surface area contributed by atoms with E-state index in [0.717, 1.165) is 40.7 Å². The SMILES string of the molecule is C=C(C)c1ccc2c(c1)C(=O)N(Cc1ccc(Cl)cc1)C2(OCC1(C#N)CC1)c1ccc(Cl)cc1. The second-order valence-electron chi connectivity index (χ2n) is 9.39. The first kappa shape index (κ1) is 23.6. The van der Waals surface area contributed by atoms with Crippen molar-refractivity contribution in [3.05, 3.63) is 111 Å². The number of hydrogen-bond donors (Lipinski definition) is 0. The van der Waals surface area contributed by atoms with Gasteiger partial charge in [-0.3, -0.25) is 9.69 Å². The molecule has 4 nitrogen and oxygen atoms in total. The number of carbonyl (C=O) groups excluding carboxylic acids is 1. The Morgan fingerprint density at radius 2 is 1.69 bits per heavy atom. The van der Waals surface area contributed by atoms with E-state index in [0.29, 0.717) is 22.2 Å². The summed E-state index contributed by atoms with van der Waals surface area (Å²) in [5, 5.41) is 11.0. The zero-order chi connectivity index (χ0) is 24.8. The molecule has 1 aliphatic carbocycles.